The maximum Gasteiger partial charge on any atom is 0.335 e. The summed E-state index contributed by atoms with van der Waals surface area (Å²) in [6.07, 6.45) is 1.64. The van der Waals surface area contributed by atoms with Gasteiger partial charge in [0.1, 0.15) is 11.6 Å². The van der Waals surface area contributed by atoms with E-state index in [1.165, 1.54) is 6.07 Å². The highest BCUT2D eigenvalue weighted by Crippen LogP contribution is 2.18. The first kappa shape index (κ1) is 14.0. The number of nitrogens with zero attached hydrogens (tertiary/aromatic N) is 2. The number of aryl methyl sites for hydroxylation is 1. The topological polar surface area (TPSA) is 88.2 Å². The van der Waals surface area contributed by atoms with Crippen LogP contribution in [0.1, 0.15) is 47.5 Å². The summed E-state index contributed by atoms with van der Waals surface area (Å²) in [4.78, 5) is 19.6. The Balaban J connectivity index is 2.19. The van der Waals surface area contributed by atoms with E-state index in [0.717, 1.165) is 11.5 Å². The molecule has 106 valence electrons. The van der Waals surface area contributed by atoms with Crippen molar-refractivity contribution in [3.05, 3.63) is 41.2 Å². The third-order valence-electron chi connectivity index (χ3n) is 2.77. The van der Waals surface area contributed by atoms with Gasteiger partial charge in [-0.05, 0) is 25.0 Å². The number of carboxylic acid groups (broad SMARTS) is 1. The molecule has 0 atom stereocenters. The van der Waals surface area contributed by atoms with E-state index >= 15 is 0 Å². The van der Waals surface area contributed by atoms with E-state index < -0.39 is 5.97 Å². The number of hydrogen-bond donors (Lipinski definition) is 2. The van der Waals surface area contributed by atoms with Crippen LogP contribution in [0.25, 0.3) is 0 Å². The minimum absolute atomic E-state index is 0.152. The molecule has 0 saturated heterocycles. The zero-order valence-electron chi connectivity index (χ0n) is 11.7. The summed E-state index contributed by atoms with van der Waals surface area (Å²) in [7, 11) is 0. The fourth-order valence-corrected chi connectivity index (χ4v) is 1.71. The lowest BCUT2D eigenvalue weighted by atomic mass is 10.1. The number of carboxylic acids is 1. The summed E-state index contributed by atoms with van der Waals surface area (Å²) in [5, 5.41) is 12.2. The molecular formula is C14H17N3O3. The van der Waals surface area contributed by atoms with Crippen LogP contribution < -0.4 is 5.32 Å². The Hall–Kier alpha value is -2.37. The van der Waals surface area contributed by atoms with Crippen LogP contribution in [0.5, 0.6) is 0 Å². The number of carbonyl (C=O) groups is 1. The molecule has 2 heterocycles. The van der Waals surface area contributed by atoms with E-state index in [2.05, 4.69) is 15.3 Å². The molecule has 6 nitrogen and oxygen atoms in total. The Bertz CT molecular complexity index is 620. The van der Waals surface area contributed by atoms with Gasteiger partial charge in [0, 0.05) is 5.69 Å². The molecule has 2 N–H and O–H groups in total. The van der Waals surface area contributed by atoms with E-state index in [9.17, 15) is 4.79 Å². The van der Waals surface area contributed by atoms with Gasteiger partial charge in [-0.15, -0.1) is 0 Å². The quantitative estimate of drug-likeness (QED) is 0.872. The Kier molecular flexibility index (Phi) is 4.02. The van der Waals surface area contributed by atoms with Crippen molar-refractivity contribution < 1.29 is 14.3 Å². The van der Waals surface area contributed by atoms with Gasteiger partial charge in [-0.3, -0.25) is 0 Å². The normalized spacial score (nSPS) is 10.8. The molecule has 0 aliphatic rings. The van der Waals surface area contributed by atoms with Crippen molar-refractivity contribution in [3.63, 3.8) is 0 Å². The molecule has 2 rings (SSSR count). The second-order valence-electron chi connectivity index (χ2n) is 4.84. The van der Waals surface area contributed by atoms with Gasteiger partial charge in [0.05, 0.1) is 18.3 Å². The zero-order valence-corrected chi connectivity index (χ0v) is 11.7. The number of rotatable bonds is 5. The number of anilines is 1. The smallest absolute Gasteiger partial charge is 0.335 e. The Morgan fingerprint density at radius 2 is 2.20 bits per heavy atom. The highest BCUT2D eigenvalue weighted by molar-refractivity contribution is 5.88. The van der Waals surface area contributed by atoms with Crippen molar-refractivity contribution in [2.75, 3.05) is 5.32 Å². The highest BCUT2D eigenvalue weighted by atomic mass is 16.4. The predicted molar refractivity (Wildman–Crippen MR) is 73.9 cm³/mol. The molecule has 0 saturated carbocycles. The number of pyridine rings is 1. The Morgan fingerprint density at radius 3 is 2.75 bits per heavy atom. The van der Waals surface area contributed by atoms with Gasteiger partial charge in [0.2, 0.25) is 5.89 Å². The maximum atomic E-state index is 11.1. The van der Waals surface area contributed by atoms with Crippen molar-refractivity contribution in [2.45, 2.75) is 33.2 Å². The minimum Gasteiger partial charge on any atom is -0.478 e. The van der Waals surface area contributed by atoms with Gasteiger partial charge < -0.3 is 14.8 Å². The van der Waals surface area contributed by atoms with Gasteiger partial charge in [-0.1, -0.05) is 13.8 Å². The first-order valence-electron chi connectivity index (χ1n) is 6.36. The zero-order chi connectivity index (χ0) is 14.7. The van der Waals surface area contributed by atoms with Crippen LogP contribution in [0.15, 0.2) is 22.7 Å². The molecule has 20 heavy (non-hydrogen) atoms. The molecule has 2 aromatic heterocycles. The summed E-state index contributed by atoms with van der Waals surface area (Å²) in [6.45, 7) is 6.11. The van der Waals surface area contributed by atoms with Crippen LogP contribution in [0.2, 0.25) is 0 Å². The largest absolute Gasteiger partial charge is 0.478 e. The van der Waals surface area contributed by atoms with Crippen LogP contribution in [0.3, 0.4) is 0 Å². The van der Waals surface area contributed by atoms with E-state index in [4.69, 9.17) is 9.52 Å². The predicted octanol–water partition coefficient (Wildman–Crippen LogP) is 2.81. The van der Waals surface area contributed by atoms with Gasteiger partial charge in [0.25, 0.3) is 0 Å². The molecule has 6 heteroatoms. The van der Waals surface area contributed by atoms with E-state index in [1.54, 1.807) is 12.3 Å². The molecule has 0 aliphatic carbocycles. The fraction of sp³-hybridized carbons (Fsp3) is 0.357. The number of oxazole rings is 1. The number of hydrogen-bond acceptors (Lipinski definition) is 5. The van der Waals surface area contributed by atoms with Crippen molar-refractivity contribution >= 4 is 11.8 Å². The van der Waals surface area contributed by atoms with E-state index in [0.29, 0.717) is 18.3 Å². The van der Waals surface area contributed by atoms with Gasteiger partial charge in [-0.2, -0.15) is 0 Å². The molecule has 0 bridgehead atoms. The first-order chi connectivity index (χ1) is 9.45. The van der Waals surface area contributed by atoms with Gasteiger partial charge in [-0.25, -0.2) is 14.8 Å². The van der Waals surface area contributed by atoms with Crippen LogP contribution in [-0.2, 0) is 6.54 Å². The molecule has 0 amide bonds. The third-order valence-corrected chi connectivity index (χ3v) is 2.77. The van der Waals surface area contributed by atoms with Crippen LogP contribution in [-0.4, -0.2) is 21.0 Å². The maximum absolute atomic E-state index is 11.1. The van der Waals surface area contributed by atoms with Gasteiger partial charge >= 0.3 is 5.97 Å². The standard InChI is InChI=1S/C14H17N3O3/c1-8(2)11-4-10(14(18)19)5-12(17-11)15-7-13-16-6-9(3)20-13/h4-6,8H,7H2,1-3H3,(H,15,17)(H,18,19). The van der Waals surface area contributed by atoms with Gasteiger partial charge in [0.15, 0.2) is 0 Å². The second kappa shape index (κ2) is 5.73. The summed E-state index contributed by atoms with van der Waals surface area (Å²) in [5.74, 6) is 0.959. The Labute approximate surface area is 116 Å². The SMILES string of the molecule is Cc1cnc(CNc2cc(C(=O)O)cc(C(C)C)n2)o1. The molecular weight excluding hydrogens is 258 g/mol. The average molecular weight is 275 g/mol. The summed E-state index contributed by atoms with van der Waals surface area (Å²) >= 11 is 0. The summed E-state index contributed by atoms with van der Waals surface area (Å²) in [5.41, 5.74) is 0.950. The lowest BCUT2D eigenvalue weighted by Crippen LogP contribution is -2.07. The average Bonchev–Trinajstić information content (AvgIpc) is 2.81. The van der Waals surface area contributed by atoms with Crippen molar-refractivity contribution in [1.29, 1.82) is 0 Å². The second-order valence-corrected chi connectivity index (χ2v) is 4.84. The molecule has 0 aromatic carbocycles. The molecule has 0 radical (unpaired) electrons. The summed E-state index contributed by atoms with van der Waals surface area (Å²) < 4.78 is 5.34. The fourth-order valence-electron chi connectivity index (χ4n) is 1.71. The lowest BCUT2D eigenvalue weighted by molar-refractivity contribution is 0.0696. The highest BCUT2D eigenvalue weighted by Gasteiger charge is 2.11. The molecule has 2 aromatic rings. The first-order valence-corrected chi connectivity index (χ1v) is 6.36. The monoisotopic (exact) mass is 275 g/mol. The van der Waals surface area contributed by atoms with Crippen LogP contribution in [0, 0.1) is 6.92 Å². The van der Waals surface area contributed by atoms with Crippen molar-refractivity contribution in [1.82, 2.24) is 9.97 Å². The van der Waals surface area contributed by atoms with Crippen LogP contribution >= 0.6 is 0 Å². The lowest BCUT2D eigenvalue weighted by Gasteiger charge is -2.10. The third kappa shape index (κ3) is 3.34. The van der Waals surface area contributed by atoms with Crippen molar-refractivity contribution in [3.8, 4) is 0 Å². The minimum atomic E-state index is -0.968. The number of nitrogens with one attached hydrogen (secondary N) is 1. The van der Waals surface area contributed by atoms with Crippen molar-refractivity contribution in [2.24, 2.45) is 0 Å². The number of aromatic nitrogens is 2. The van der Waals surface area contributed by atoms with Crippen LogP contribution in [0.4, 0.5) is 5.82 Å². The molecule has 0 fully saturated rings. The number of aromatic carboxylic acids is 1. The Morgan fingerprint density at radius 1 is 1.45 bits per heavy atom. The molecule has 0 aliphatic heterocycles. The molecule has 0 unspecified atom stereocenters. The van der Waals surface area contributed by atoms with E-state index in [1.807, 2.05) is 20.8 Å². The molecule has 0 spiro atoms. The van der Waals surface area contributed by atoms with E-state index in [-0.39, 0.29) is 11.5 Å². The summed E-state index contributed by atoms with van der Waals surface area (Å²) in [6, 6.07) is 3.09.